The Morgan fingerprint density at radius 2 is 2.12 bits per heavy atom. The van der Waals surface area contributed by atoms with E-state index in [1.54, 1.807) is 30.1 Å². The van der Waals surface area contributed by atoms with Crippen molar-refractivity contribution in [1.29, 1.82) is 0 Å². The zero-order valence-electron chi connectivity index (χ0n) is 14.4. The molecule has 0 N–H and O–H groups in total. The Morgan fingerprint density at radius 3 is 3.00 bits per heavy atom. The van der Waals surface area contributed by atoms with E-state index in [-0.39, 0.29) is 0 Å². The van der Waals surface area contributed by atoms with E-state index >= 15 is 0 Å². The van der Waals surface area contributed by atoms with Gasteiger partial charge in [-0.25, -0.2) is 14.5 Å². The molecule has 1 saturated heterocycles. The molecule has 130 valence electrons. The Kier molecular flexibility index (Phi) is 4.09. The molecule has 0 aliphatic carbocycles. The predicted octanol–water partition coefficient (Wildman–Crippen LogP) is 1.63. The maximum Gasteiger partial charge on any atom is 0.228 e. The third-order valence-corrected chi connectivity index (χ3v) is 4.65. The Morgan fingerprint density at radius 1 is 1.20 bits per heavy atom. The minimum atomic E-state index is 0.323. The third-order valence-electron chi connectivity index (χ3n) is 4.65. The molecule has 0 spiro atoms. The molecule has 4 heterocycles. The average Bonchev–Trinajstić information content (AvgIpc) is 3.15. The third kappa shape index (κ3) is 3.07. The minimum Gasteiger partial charge on any atom is -0.481 e. The Hall–Kier alpha value is -2.90. The second-order valence-corrected chi connectivity index (χ2v) is 6.17. The summed E-state index contributed by atoms with van der Waals surface area (Å²) in [4.78, 5) is 18.0. The monoisotopic (exact) mass is 339 g/mol. The van der Waals surface area contributed by atoms with Crippen LogP contribution in [-0.2, 0) is 0 Å². The van der Waals surface area contributed by atoms with Crippen molar-refractivity contribution in [3.8, 4) is 5.88 Å². The topological polar surface area (TPSA) is 71.7 Å². The number of nitrogens with zero attached hydrogens (tertiary/aromatic N) is 7. The highest BCUT2D eigenvalue weighted by atomic mass is 16.5. The molecule has 1 atom stereocenters. The van der Waals surface area contributed by atoms with E-state index in [1.807, 2.05) is 25.4 Å². The number of piperidine rings is 1. The second-order valence-electron chi connectivity index (χ2n) is 6.17. The smallest absolute Gasteiger partial charge is 0.228 e. The molecule has 4 rings (SSSR count). The quantitative estimate of drug-likeness (QED) is 0.715. The van der Waals surface area contributed by atoms with Gasteiger partial charge in [-0.2, -0.15) is 10.1 Å². The fraction of sp³-hybridized carbons (Fsp3) is 0.412. The summed E-state index contributed by atoms with van der Waals surface area (Å²) in [7, 11) is 3.66. The lowest BCUT2D eigenvalue weighted by molar-refractivity contribution is 0.395. The van der Waals surface area contributed by atoms with Crippen molar-refractivity contribution in [3.63, 3.8) is 0 Å². The number of hydrogen-bond donors (Lipinski definition) is 0. The van der Waals surface area contributed by atoms with Gasteiger partial charge >= 0.3 is 0 Å². The molecule has 3 aromatic heterocycles. The van der Waals surface area contributed by atoms with Gasteiger partial charge in [0.15, 0.2) is 5.65 Å². The van der Waals surface area contributed by atoms with Crippen LogP contribution >= 0.6 is 0 Å². The summed E-state index contributed by atoms with van der Waals surface area (Å²) < 4.78 is 6.99. The molecule has 8 heteroatoms. The van der Waals surface area contributed by atoms with Crippen molar-refractivity contribution < 1.29 is 4.74 Å². The van der Waals surface area contributed by atoms with E-state index in [2.05, 4.69) is 24.9 Å². The maximum atomic E-state index is 5.21. The Balaban J connectivity index is 1.53. The summed E-state index contributed by atoms with van der Waals surface area (Å²) >= 11 is 0. The van der Waals surface area contributed by atoms with E-state index in [4.69, 9.17) is 9.72 Å². The molecule has 0 amide bonds. The van der Waals surface area contributed by atoms with E-state index in [0.29, 0.717) is 17.9 Å². The molecule has 1 fully saturated rings. The first-order valence-electron chi connectivity index (χ1n) is 8.40. The lowest BCUT2D eigenvalue weighted by Crippen LogP contribution is -2.47. The lowest BCUT2D eigenvalue weighted by Gasteiger charge is -2.38. The first kappa shape index (κ1) is 15.6. The standard InChI is InChI=1S/C17H21N7O/c1-22(17-18-8-6-16(21-17)25-2)13-4-3-10-23(12-13)14-7-11-24-15(20-14)5-9-19-24/h5-9,11,13H,3-4,10,12H2,1-2H3. The highest BCUT2D eigenvalue weighted by molar-refractivity contribution is 5.48. The lowest BCUT2D eigenvalue weighted by atomic mass is 10.0. The first-order valence-corrected chi connectivity index (χ1v) is 8.40. The van der Waals surface area contributed by atoms with Crippen molar-refractivity contribution in [2.75, 3.05) is 37.0 Å². The summed E-state index contributed by atoms with van der Waals surface area (Å²) in [6, 6.07) is 6.02. The molecule has 8 nitrogen and oxygen atoms in total. The number of anilines is 2. The molecule has 1 aliphatic heterocycles. The minimum absolute atomic E-state index is 0.323. The molecular weight excluding hydrogens is 318 g/mol. The summed E-state index contributed by atoms with van der Waals surface area (Å²) in [5.74, 6) is 2.25. The number of ether oxygens (including phenoxy) is 1. The van der Waals surface area contributed by atoms with Crippen LogP contribution in [0.2, 0.25) is 0 Å². The van der Waals surface area contributed by atoms with Gasteiger partial charge in [0.25, 0.3) is 0 Å². The van der Waals surface area contributed by atoms with Crippen molar-refractivity contribution in [1.82, 2.24) is 24.6 Å². The zero-order chi connectivity index (χ0) is 17.2. The fourth-order valence-corrected chi connectivity index (χ4v) is 3.24. The van der Waals surface area contributed by atoms with Crippen LogP contribution in [0.5, 0.6) is 5.88 Å². The number of methoxy groups -OCH3 is 1. The van der Waals surface area contributed by atoms with Crippen molar-refractivity contribution >= 4 is 17.4 Å². The molecule has 0 bridgehead atoms. The van der Waals surface area contributed by atoms with Crippen molar-refractivity contribution in [2.45, 2.75) is 18.9 Å². The van der Waals surface area contributed by atoms with Gasteiger partial charge in [0, 0.05) is 50.7 Å². The van der Waals surface area contributed by atoms with Crippen LogP contribution in [0.4, 0.5) is 11.8 Å². The van der Waals surface area contributed by atoms with Crippen LogP contribution < -0.4 is 14.5 Å². The first-order chi connectivity index (χ1) is 12.2. The van der Waals surface area contributed by atoms with Crippen LogP contribution in [0.25, 0.3) is 5.65 Å². The predicted molar refractivity (Wildman–Crippen MR) is 95.2 cm³/mol. The number of aromatic nitrogens is 5. The van der Waals surface area contributed by atoms with E-state index in [1.165, 1.54) is 0 Å². The number of hydrogen-bond acceptors (Lipinski definition) is 7. The molecule has 25 heavy (non-hydrogen) atoms. The maximum absolute atomic E-state index is 5.21. The van der Waals surface area contributed by atoms with Crippen LogP contribution in [0.1, 0.15) is 12.8 Å². The SMILES string of the molecule is COc1ccnc(N(C)C2CCCN(c3ccn4nccc4n3)C2)n1. The zero-order valence-corrected chi connectivity index (χ0v) is 14.4. The number of rotatable bonds is 4. The van der Waals surface area contributed by atoms with Gasteiger partial charge in [0.1, 0.15) is 5.82 Å². The highest BCUT2D eigenvalue weighted by Gasteiger charge is 2.26. The molecule has 0 aromatic carbocycles. The van der Waals surface area contributed by atoms with Gasteiger partial charge in [-0.15, -0.1) is 0 Å². The Bertz CT molecular complexity index is 865. The highest BCUT2D eigenvalue weighted by Crippen LogP contribution is 2.23. The Labute approximate surface area is 146 Å². The largest absolute Gasteiger partial charge is 0.481 e. The molecular formula is C17H21N7O. The van der Waals surface area contributed by atoms with Gasteiger partial charge in [-0.3, -0.25) is 0 Å². The number of likely N-dealkylation sites (N-methyl/N-ethyl adjacent to an activating group) is 1. The summed E-state index contributed by atoms with van der Waals surface area (Å²) in [5, 5.41) is 4.20. The second kappa shape index (κ2) is 6.54. The van der Waals surface area contributed by atoms with Crippen LogP contribution in [-0.4, -0.2) is 57.9 Å². The number of fused-ring (bicyclic) bond motifs is 1. The van der Waals surface area contributed by atoms with E-state index in [9.17, 15) is 0 Å². The van der Waals surface area contributed by atoms with Crippen molar-refractivity contribution in [2.24, 2.45) is 0 Å². The van der Waals surface area contributed by atoms with Crippen molar-refractivity contribution in [3.05, 3.63) is 36.8 Å². The fourth-order valence-electron chi connectivity index (χ4n) is 3.24. The molecule has 0 saturated carbocycles. The molecule has 3 aromatic rings. The van der Waals surface area contributed by atoms with Gasteiger partial charge in [-0.05, 0) is 18.9 Å². The van der Waals surface area contributed by atoms with Gasteiger partial charge in [0.2, 0.25) is 11.8 Å². The molecule has 1 unspecified atom stereocenters. The van der Waals surface area contributed by atoms with E-state index < -0.39 is 0 Å². The normalized spacial score (nSPS) is 17.7. The summed E-state index contributed by atoms with van der Waals surface area (Å²) in [6.45, 7) is 1.88. The molecule has 1 aliphatic rings. The van der Waals surface area contributed by atoms with Gasteiger partial charge in [-0.1, -0.05) is 0 Å². The molecule has 0 radical (unpaired) electrons. The summed E-state index contributed by atoms with van der Waals surface area (Å²) in [6.07, 6.45) is 7.65. The van der Waals surface area contributed by atoms with E-state index in [0.717, 1.165) is 37.4 Å². The van der Waals surface area contributed by atoms with Crippen LogP contribution in [0.15, 0.2) is 36.8 Å². The van der Waals surface area contributed by atoms with Crippen LogP contribution in [0.3, 0.4) is 0 Å². The van der Waals surface area contributed by atoms with Gasteiger partial charge in [0.05, 0.1) is 13.3 Å². The summed E-state index contributed by atoms with van der Waals surface area (Å²) in [5.41, 5.74) is 0.865. The van der Waals surface area contributed by atoms with Crippen LogP contribution in [0, 0.1) is 0 Å². The average molecular weight is 339 g/mol. The van der Waals surface area contributed by atoms with Gasteiger partial charge < -0.3 is 14.5 Å².